The Morgan fingerprint density at radius 1 is 1.17 bits per heavy atom. The summed E-state index contributed by atoms with van der Waals surface area (Å²) in [5, 5.41) is 16.4. The van der Waals surface area contributed by atoms with E-state index in [1.165, 1.54) is 23.9 Å². The second-order valence-corrected chi connectivity index (χ2v) is 8.75. The number of halogens is 1. The molecule has 0 heterocycles. The van der Waals surface area contributed by atoms with Gasteiger partial charge in [-0.05, 0) is 51.1 Å². The fourth-order valence-electron chi connectivity index (χ4n) is 2.27. The number of hydrogen-bond donors (Lipinski definition) is 2. The normalized spacial score (nSPS) is 10.9. The highest BCUT2D eigenvalue weighted by Gasteiger charge is 2.17. The van der Waals surface area contributed by atoms with Gasteiger partial charge in [0.15, 0.2) is 0 Å². The van der Waals surface area contributed by atoms with E-state index < -0.39 is 22.5 Å². The number of nitro benzene ring substituents is 1. The third-order valence-electron chi connectivity index (χ3n) is 3.56. The Hall–Kier alpha value is -2.78. The molecule has 2 rings (SSSR count). The fourth-order valence-corrected chi connectivity index (χ4v) is 3.24. The maximum Gasteiger partial charge on any atom is 0.407 e. The van der Waals surface area contributed by atoms with Crippen LogP contribution in [-0.2, 0) is 4.74 Å². The number of carbonyl (C=O) groups excluding carboxylic acids is 2. The summed E-state index contributed by atoms with van der Waals surface area (Å²) in [5.41, 5.74) is -0.195. The van der Waals surface area contributed by atoms with Gasteiger partial charge in [0.05, 0.1) is 15.5 Å². The van der Waals surface area contributed by atoms with Crippen LogP contribution in [0.2, 0.25) is 5.02 Å². The van der Waals surface area contributed by atoms with Gasteiger partial charge in [-0.2, -0.15) is 0 Å². The Labute approximate surface area is 183 Å². The Morgan fingerprint density at radius 2 is 1.83 bits per heavy atom. The van der Waals surface area contributed by atoms with Gasteiger partial charge in [-0.15, -0.1) is 11.8 Å². The zero-order chi connectivity index (χ0) is 22.3. The van der Waals surface area contributed by atoms with Crippen molar-refractivity contribution in [3.63, 3.8) is 0 Å². The second-order valence-electron chi connectivity index (χ2n) is 7.18. The first-order valence-corrected chi connectivity index (χ1v) is 10.4. The molecule has 2 amide bonds. The molecule has 0 atom stereocenters. The SMILES string of the molecule is CC(C)(C)OC(=O)NCCSc1ccc(NC(=O)c2cc([N+](=O)[O-])ccc2Cl)cc1. The molecule has 160 valence electrons. The quantitative estimate of drug-likeness (QED) is 0.261. The number of nitrogens with one attached hydrogen (secondary N) is 2. The van der Waals surface area contributed by atoms with Gasteiger partial charge >= 0.3 is 6.09 Å². The van der Waals surface area contributed by atoms with E-state index in [4.69, 9.17) is 16.3 Å². The topological polar surface area (TPSA) is 111 Å². The molecule has 0 aliphatic carbocycles. The Balaban J connectivity index is 1.86. The molecule has 8 nitrogen and oxygen atoms in total. The van der Waals surface area contributed by atoms with E-state index in [0.29, 0.717) is 18.0 Å². The highest BCUT2D eigenvalue weighted by molar-refractivity contribution is 7.99. The van der Waals surface area contributed by atoms with E-state index >= 15 is 0 Å². The summed E-state index contributed by atoms with van der Waals surface area (Å²) < 4.78 is 5.16. The molecule has 0 aromatic heterocycles. The van der Waals surface area contributed by atoms with Crippen LogP contribution in [-0.4, -0.2) is 34.8 Å². The lowest BCUT2D eigenvalue weighted by Gasteiger charge is -2.19. The summed E-state index contributed by atoms with van der Waals surface area (Å²) in [4.78, 5) is 35.2. The molecule has 0 spiro atoms. The van der Waals surface area contributed by atoms with Crippen LogP contribution in [0.3, 0.4) is 0 Å². The largest absolute Gasteiger partial charge is 0.444 e. The molecule has 0 unspecified atom stereocenters. The van der Waals surface area contributed by atoms with Crippen molar-refractivity contribution >= 4 is 46.7 Å². The molecule has 2 aromatic rings. The van der Waals surface area contributed by atoms with E-state index in [0.717, 1.165) is 11.0 Å². The number of non-ortho nitro benzene ring substituents is 1. The highest BCUT2D eigenvalue weighted by Crippen LogP contribution is 2.24. The van der Waals surface area contributed by atoms with Crippen LogP contribution in [0.1, 0.15) is 31.1 Å². The molecule has 0 aliphatic heterocycles. The summed E-state index contributed by atoms with van der Waals surface area (Å²) in [6.07, 6.45) is -0.457. The van der Waals surface area contributed by atoms with Crippen molar-refractivity contribution in [2.75, 3.05) is 17.6 Å². The first-order chi connectivity index (χ1) is 14.0. The second kappa shape index (κ2) is 10.3. The summed E-state index contributed by atoms with van der Waals surface area (Å²) >= 11 is 7.52. The van der Waals surface area contributed by atoms with Crippen LogP contribution in [0.4, 0.5) is 16.2 Å². The minimum Gasteiger partial charge on any atom is -0.444 e. The van der Waals surface area contributed by atoms with Crippen LogP contribution in [0.25, 0.3) is 0 Å². The third-order valence-corrected chi connectivity index (χ3v) is 4.90. The van der Waals surface area contributed by atoms with E-state index in [1.807, 2.05) is 12.1 Å². The monoisotopic (exact) mass is 451 g/mol. The molecule has 0 bridgehead atoms. The number of hydrogen-bond acceptors (Lipinski definition) is 6. The number of nitro groups is 1. The Morgan fingerprint density at radius 3 is 2.43 bits per heavy atom. The molecule has 0 saturated heterocycles. The van der Waals surface area contributed by atoms with Crippen molar-refractivity contribution in [3.05, 3.63) is 63.2 Å². The van der Waals surface area contributed by atoms with Crippen LogP contribution in [0, 0.1) is 10.1 Å². The fraction of sp³-hybridized carbons (Fsp3) is 0.300. The van der Waals surface area contributed by atoms with E-state index in [-0.39, 0.29) is 16.3 Å². The number of carbonyl (C=O) groups is 2. The zero-order valence-corrected chi connectivity index (χ0v) is 18.3. The summed E-state index contributed by atoms with van der Waals surface area (Å²) in [5.74, 6) is 0.111. The van der Waals surface area contributed by atoms with Crippen molar-refractivity contribution in [1.82, 2.24) is 5.32 Å². The molecular formula is C20H22ClN3O5S. The van der Waals surface area contributed by atoms with E-state index in [2.05, 4.69) is 10.6 Å². The van der Waals surface area contributed by atoms with Crippen molar-refractivity contribution in [3.8, 4) is 0 Å². The van der Waals surface area contributed by atoms with Gasteiger partial charge in [-0.25, -0.2) is 4.79 Å². The minimum atomic E-state index is -0.587. The average Bonchev–Trinajstić information content (AvgIpc) is 2.65. The lowest BCUT2D eigenvalue weighted by molar-refractivity contribution is -0.384. The molecule has 2 aromatic carbocycles. The first kappa shape index (κ1) is 23.5. The van der Waals surface area contributed by atoms with Crippen molar-refractivity contribution in [2.24, 2.45) is 0 Å². The first-order valence-electron chi connectivity index (χ1n) is 9.00. The number of amides is 2. The molecule has 0 radical (unpaired) electrons. The zero-order valence-electron chi connectivity index (χ0n) is 16.7. The number of nitrogens with zero attached hydrogens (tertiary/aromatic N) is 1. The molecule has 0 aliphatic rings. The number of thioether (sulfide) groups is 1. The third kappa shape index (κ3) is 7.57. The minimum absolute atomic E-state index is 0.0255. The summed E-state index contributed by atoms with van der Waals surface area (Å²) in [6, 6.07) is 10.8. The van der Waals surface area contributed by atoms with Gasteiger partial charge in [-0.1, -0.05) is 11.6 Å². The van der Waals surface area contributed by atoms with Gasteiger partial charge < -0.3 is 15.4 Å². The van der Waals surface area contributed by atoms with Crippen LogP contribution in [0.5, 0.6) is 0 Å². The smallest absolute Gasteiger partial charge is 0.407 e. The lowest BCUT2D eigenvalue weighted by atomic mass is 10.2. The van der Waals surface area contributed by atoms with Crippen molar-refractivity contribution in [1.29, 1.82) is 0 Å². The van der Waals surface area contributed by atoms with E-state index in [1.54, 1.807) is 32.9 Å². The maximum absolute atomic E-state index is 12.4. The van der Waals surface area contributed by atoms with Gasteiger partial charge in [0.1, 0.15) is 5.60 Å². The van der Waals surface area contributed by atoms with Crippen LogP contribution >= 0.6 is 23.4 Å². The summed E-state index contributed by atoms with van der Waals surface area (Å²) in [6.45, 7) is 5.85. The van der Waals surface area contributed by atoms with Crippen molar-refractivity contribution < 1.29 is 19.2 Å². The van der Waals surface area contributed by atoms with Crippen molar-refractivity contribution in [2.45, 2.75) is 31.3 Å². The Bertz CT molecular complexity index is 929. The number of ether oxygens (including phenoxy) is 1. The number of alkyl carbamates (subject to hydrolysis) is 1. The standard InChI is InChI=1S/C20H22ClN3O5S/c1-20(2,3)29-19(26)22-10-11-30-15-7-4-13(5-8-15)23-18(25)16-12-14(24(27)28)6-9-17(16)21/h4-9,12H,10-11H2,1-3H3,(H,22,26)(H,23,25). The molecule has 0 saturated carbocycles. The molecule has 0 fully saturated rings. The Kier molecular flexibility index (Phi) is 8.08. The molecule has 10 heteroatoms. The van der Waals surface area contributed by atoms with E-state index in [9.17, 15) is 19.7 Å². The van der Waals surface area contributed by atoms with Gasteiger partial charge in [0.2, 0.25) is 0 Å². The van der Waals surface area contributed by atoms with Crippen LogP contribution in [0.15, 0.2) is 47.4 Å². The van der Waals surface area contributed by atoms with Crippen LogP contribution < -0.4 is 10.6 Å². The number of anilines is 1. The molecule has 2 N–H and O–H groups in total. The van der Waals surface area contributed by atoms with Gasteiger partial charge in [0.25, 0.3) is 11.6 Å². The molecule has 30 heavy (non-hydrogen) atoms. The van der Waals surface area contributed by atoms with Gasteiger partial charge in [-0.3, -0.25) is 14.9 Å². The lowest BCUT2D eigenvalue weighted by Crippen LogP contribution is -2.33. The predicted molar refractivity (Wildman–Crippen MR) is 117 cm³/mol. The molecular weight excluding hydrogens is 430 g/mol. The number of benzene rings is 2. The highest BCUT2D eigenvalue weighted by atomic mass is 35.5. The number of rotatable bonds is 7. The average molecular weight is 452 g/mol. The maximum atomic E-state index is 12.4. The van der Waals surface area contributed by atoms with Gasteiger partial charge in [0, 0.05) is 35.0 Å². The summed E-state index contributed by atoms with van der Waals surface area (Å²) in [7, 11) is 0. The predicted octanol–water partition coefficient (Wildman–Crippen LogP) is 5.12.